The summed E-state index contributed by atoms with van der Waals surface area (Å²) in [6.07, 6.45) is -6.38. The lowest BCUT2D eigenvalue weighted by Gasteiger charge is -2.22. The topological polar surface area (TPSA) is 474 Å². The Hall–Kier alpha value is -3.11. The smallest absolute Gasteiger partial charge is 0.387 e. The molecule has 5 rings (SSSR count). The lowest BCUT2D eigenvalue weighted by Crippen LogP contribution is -2.33. The van der Waals surface area contributed by atoms with Crippen molar-refractivity contribution in [2.45, 2.75) is 56.3 Å². The Morgan fingerprint density at radius 1 is 0.877 bits per heavy atom. The number of aromatic nitrogens is 6. The second kappa shape index (κ2) is 16.9. The first-order chi connectivity index (χ1) is 26.3. The Morgan fingerprint density at radius 3 is 2.02 bits per heavy atom. The molecule has 0 radical (unpaired) electrons. The van der Waals surface area contributed by atoms with Gasteiger partial charge in [-0.15, -0.1) is 0 Å². The number of imidazole rings is 1. The molecule has 2 saturated heterocycles. The van der Waals surface area contributed by atoms with E-state index in [0.717, 1.165) is 28.0 Å². The Bertz CT molecular complexity index is 2420. The highest BCUT2D eigenvalue weighted by molar-refractivity contribution is 7.71. The van der Waals surface area contributed by atoms with E-state index in [1.807, 2.05) is 4.98 Å². The van der Waals surface area contributed by atoms with E-state index in [-0.39, 0.29) is 29.0 Å². The summed E-state index contributed by atoms with van der Waals surface area (Å²) in [4.78, 5) is 89.5. The number of phosphoric ester groups is 2. The van der Waals surface area contributed by atoms with Gasteiger partial charge in [-0.3, -0.25) is 28.0 Å². The Labute approximate surface area is 314 Å². The Kier molecular flexibility index (Phi) is 13.3. The van der Waals surface area contributed by atoms with Crippen LogP contribution < -0.4 is 17.0 Å². The van der Waals surface area contributed by atoms with E-state index >= 15 is 0 Å². The largest absolute Gasteiger partial charge is 0.490 e. The second-order valence-electron chi connectivity index (χ2n) is 11.5. The van der Waals surface area contributed by atoms with E-state index in [1.165, 1.54) is 6.92 Å². The zero-order chi connectivity index (χ0) is 42.3. The van der Waals surface area contributed by atoms with Gasteiger partial charge < -0.3 is 49.9 Å². The van der Waals surface area contributed by atoms with Crippen LogP contribution in [0, 0.1) is 6.92 Å². The van der Waals surface area contributed by atoms with Gasteiger partial charge in [-0.25, -0.2) is 42.6 Å². The summed E-state index contributed by atoms with van der Waals surface area (Å²) in [5.74, 6) is -0.0422. The molecule has 0 amide bonds. The van der Waals surface area contributed by atoms with Crippen molar-refractivity contribution in [3.63, 3.8) is 0 Å². The fourth-order valence-corrected chi connectivity index (χ4v) is 11.5. The Morgan fingerprint density at radius 2 is 1.44 bits per heavy atom. The number of nitrogens with one attached hydrogen (secondary N) is 1. The molecule has 10 N–H and O–H groups in total. The molecule has 32 nitrogen and oxygen atoms in total. The van der Waals surface area contributed by atoms with E-state index in [4.69, 9.17) is 20.7 Å². The monoisotopic (exact) mass is 916 g/mol. The fourth-order valence-electron chi connectivity index (χ4n) is 5.13. The second-order valence-corrected chi connectivity index (χ2v) is 19.3. The molecule has 2 aliphatic rings. The van der Waals surface area contributed by atoms with Gasteiger partial charge in [-0.2, -0.15) is 17.2 Å². The zero-order valence-corrected chi connectivity index (χ0v) is 32.5. The molecule has 316 valence electrons. The average molecular weight is 916 g/mol. The number of phosphoric acid groups is 5. The average Bonchev–Trinajstić information content (AvgIpc) is 3.75. The number of nitrogens with two attached hydrogens (primary N) is 1. The van der Waals surface area contributed by atoms with Crippen molar-refractivity contribution in [1.29, 1.82) is 0 Å². The molecule has 2 fully saturated rings. The predicted molar refractivity (Wildman–Crippen MR) is 179 cm³/mol. The van der Waals surface area contributed by atoms with Gasteiger partial charge in [0, 0.05) is 23.1 Å². The lowest BCUT2D eigenvalue weighted by atomic mass is 10.1. The molecule has 0 bridgehead atoms. The van der Waals surface area contributed by atoms with Gasteiger partial charge >= 0.3 is 44.8 Å². The number of aryl methyl sites for hydroxylation is 1. The van der Waals surface area contributed by atoms with Crippen molar-refractivity contribution >= 4 is 56.1 Å². The van der Waals surface area contributed by atoms with Crippen molar-refractivity contribution in [2.24, 2.45) is 5.11 Å². The third-order valence-electron chi connectivity index (χ3n) is 7.49. The Balaban J connectivity index is 1.14. The van der Waals surface area contributed by atoms with Crippen LogP contribution in [0.15, 0.2) is 33.6 Å². The number of ether oxygens (including phenoxy) is 2. The molecule has 3 aromatic rings. The highest BCUT2D eigenvalue weighted by atomic mass is 31.3. The SMILES string of the molecule is Cc1cn([C@H]2C[C@H](N=[N+]=[N-])[C@@H](COP(=O)(O)OP(=O)(O)OP(=O)(O)OP(=O)(O)OP(=O)(O)OC[C@H]3O[C@@H](n4cnc5c(N)ncnc54)[C@H](O)[C@@H]3O)O2)c(=O)[nH]c1=O. The fraction of sp³-hybridized carbons (Fsp3) is 0.550. The number of hydrogen-bond donors (Lipinski definition) is 9. The summed E-state index contributed by atoms with van der Waals surface area (Å²) in [6.45, 7) is -0.905. The molecule has 5 unspecified atom stereocenters. The minimum absolute atomic E-state index is 0.0422. The number of H-pyrrole nitrogens is 1. The summed E-state index contributed by atoms with van der Waals surface area (Å²) >= 11 is 0. The number of azide groups is 1. The van der Waals surface area contributed by atoms with Gasteiger partial charge in [0.15, 0.2) is 17.7 Å². The third kappa shape index (κ3) is 11.1. The molecule has 57 heavy (non-hydrogen) atoms. The highest BCUT2D eigenvalue weighted by Crippen LogP contribution is 2.73. The number of rotatable bonds is 17. The maximum absolute atomic E-state index is 12.4. The van der Waals surface area contributed by atoms with Crippen LogP contribution in [0.4, 0.5) is 5.82 Å². The minimum Gasteiger partial charge on any atom is -0.387 e. The third-order valence-corrected chi connectivity index (χ3v) is 15.0. The summed E-state index contributed by atoms with van der Waals surface area (Å²) in [5.41, 5.74) is 13.2. The number of hydrogen-bond acceptors (Lipinski definition) is 22. The van der Waals surface area contributed by atoms with Crippen molar-refractivity contribution in [3.8, 4) is 0 Å². The molecule has 37 heteroatoms. The van der Waals surface area contributed by atoms with Crippen LogP contribution in [0.2, 0.25) is 0 Å². The number of aromatic amines is 1. The molecular formula is C20H29N10O22P5. The van der Waals surface area contributed by atoms with Crippen LogP contribution in [0.1, 0.15) is 24.4 Å². The molecule has 3 aromatic heterocycles. The molecule has 0 aromatic carbocycles. The van der Waals surface area contributed by atoms with E-state index in [9.17, 15) is 67.1 Å². The van der Waals surface area contributed by atoms with E-state index < -0.39 is 106 Å². The summed E-state index contributed by atoms with van der Waals surface area (Å²) in [7, 11) is -30.9. The van der Waals surface area contributed by atoms with Crippen LogP contribution in [0.25, 0.3) is 21.6 Å². The van der Waals surface area contributed by atoms with E-state index in [0.29, 0.717) is 0 Å². The van der Waals surface area contributed by atoms with Gasteiger partial charge in [0.05, 0.1) is 31.7 Å². The number of nitrogen functional groups attached to an aromatic ring is 1. The van der Waals surface area contributed by atoms with Crippen molar-refractivity contribution in [3.05, 3.63) is 55.7 Å². The van der Waals surface area contributed by atoms with Gasteiger partial charge in [0.2, 0.25) is 0 Å². The molecule has 12 atom stereocenters. The van der Waals surface area contributed by atoms with Gasteiger partial charge in [-0.05, 0) is 12.5 Å². The number of fused-ring (bicyclic) bond motifs is 1. The number of aliphatic hydroxyl groups excluding tert-OH is 2. The maximum atomic E-state index is 12.4. The molecule has 0 saturated carbocycles. The molecule has 0 aliphatic carbocycles. The van der Waals surface area contributed by atoms with Crippen molar-refractivity contribution < 1.29 is 93.3 Å². The lowest BCUT2D eigenvalue weighted by molar-refractivity contribution is -0.0503. The first-order valence-corrected chi connectivity index (χ1v) is 22.5. The quantitative estimate of drug-likeness (QED) is 0.0355. The molecule has 5 heterocycles. The number of aliphatic hydroxyl groups is 2. The summed E-state index contributed by atoms with van der Waals surface area (Å²) < 4.78 is 98.8. The highest BCUT2D eigenvalue weighted by Gasteiger charge is 2.50. The van der Waals surface area contributed by atoms with Crippen LogP contribution in [-0.2, 0) is 58.6 Å². The van der Waals surface area contributed by atoms with Crippen LogP contribution in [-0.4, -0.2) is 107 Å². The van der Waals surface area contributed by atoms with Gasteiger partial charge in [0.1, 0.15) is 36.4 Å². The van der Waals surface area contributed by atoms with Crippen LogP contribution in [0.3, 0.4) is 0 Å². The van der Waals surface area contributed by atoms with Crippen molar-refractivity contribution in [1.82, 2.24) is 29.1 Å². The molecular weight excluding hydrogens is 887 g/mol. The first-order valence-electron chi connectivity index (χ1n) is 15.1. The van der Waals surface area contributed by atoms with Gasteiger partial charge in [0.25, 0.3) is 5.56 Å². The number of nitrogens with zero attached hydrogens (tertiary/aromatic N) is 8. The van der Waals surface area contributed by atoms with E-state index in [1.54, 1.807) is 0 Å². The van der Waals surface area contributed by atoms with Crippen molar-refractivity contribution in [2.75, 3.05) is 18.9 Å². The standard InChI is InChI=1S/C20H29N10O22P5/c1-8-3-29(20(34)26-18(8)33)12-2-9(27-28-22)10(47-12)4-45-53(35,36)49-55(39,40)51-57(43,44)52-56(41,42)50-54(37,38)46-5-11-14(31)15(32)19(48-11)30-7-25-13-16(21)23-6-24-17(13)30/h3,6-7,9-12,14-15,19,31-32H,2,4-5H2,1H3,(H,35,36)(H,37,38)(H,39,40)(H,41,42)(H,43,44)(H2,21,23,24)(H,26,33,34)/t9-,10+,11+,12+,14+,15+,19+/m0/s1. The van der Waals surface area contributed by atoms with Crippen LogP contribution in [0.5, 0.6) is 0 Å². The van der Waals surface area contributed by atoms with Gasteiger partial charge in [-0.1, -0.05) is 5.11 Å². The minimum atomic E-state index is -6.45. The summed E-state index contributed by atoms with van der Waals surface area (Å²) in [6, 6.07) is -1.22. The maximum Gasteiger partial charge on any atom is 0.490 e. The number of anilines is 1. The molecule has 2 aliphatic heterocycles. The molecule has 0 spiro atoms. The summed E-state index contributed by atoms with van der Waals surface area (Å²) in [5, 5.41) is 24.3. The normalized spacial score (nSPS) is 29.1. The van der Waals surface area contributed by atoms with E-state index in [2.05, 4.69) is 51.3 Å². The van der Waals surface area contributed by atoms with Crippen LogP contribution >= 0.6 is 39.1 Å². The zero-order valence-electron chi connectivity index (χ0n) is 28.0. The first kappa shape index (κ1) is 45.0. The predicted octanol–water partition coefficient (Wildman–Crippen LogP) is -0.546.